The largest absolute Gasteiger partial charge is 0.416 e. The summed E-state index contributed by atoms with van der Waals surface area (Å²) >= 11 is 0. The monoisotopic (exact) mass is 403 g/mol. The lowest BCUT2D eigenvalue weighted by Crippen LogP contribution is -2.54. The van der Waals surface area contributed by atoms with E-state index in [0.717, 1.165) is 38.5 Å². The van der Waals surface area contributed by atoms with E-state index >= 15 is 0 Å². The van der Waals surface area contributed by atoms with Crippen molar-refractivity contribution in [1.82, 2.24) is 0 Å². The lowest BCUT2D eigenvalue weighted by Gasteiger charge is -2.58. The van der Waals surface area contributed by atoms with Crippen molar-refractivity contribution in [3.05, 3.63) is 11.6 Å². The highest BCUT2D eigenvalue weighted by Crippen LogP contribution is 2.65. The molecule has 0 saturated heterocycles. The van der Waals surface area contributed by atoms with Crippen LogP contribution in [0.4, 0.5) is 0 Å². The Bertz CT molecular complexity index is 708. The van der Waals surface area contributed by atoms with Gasteiger partial charge >= 0.3 is 0 Å². The number of fused-ring (bicyclic) bond motifs is 5. The average Bonchev–Trinajstić information content (AvgIpc) is 2.95. The lowest BCUT2D eigenvalue weighted by molar-refractivity contribution is -0.133. The Morgan fingerprint density at radius 2 is 1.93 bits per heavy atom. The molecule has 28 heavy (non-hydrogen) atoms. The van der Waals surface area contributed by atoms with E-state index in [1.807, 2.05) is 0 Å². The highest BCUT2D eigenvalue weighted by molar-refractivity contribution is 6.74. The fourth-order valence-electron chi connectivity index (χ4n) is 6.85. The predicted molar refractivity (Wildman–Crippen MR) is 119 cm³/mol. The summed E-state index contributed by atoms with van der Waals surface area (Å²) < 4.78 is 16.2. The fourth-order valence-corrected chi connectivity index (χ4v) is 7.71. The van der Waals surface area contributed by atoms with Gasteiger partial charge in [-0.2, -0.15) is 0 Å². The number of rotatable bonds is 3. The van der Waals surface area contributed by atoms with E-state index in [1.165, 1.54) is 24.8 Å². The summed E-state index contributed by atoms with van der Waals surface area (Å²) in [5.41, 5.74) is 1.34. The first-order chi connectivity index (χ1) is 13.4. The molecular formula is C25H42O2Si. The van der Waals surface area contributed by atoms with Crippen molar-refractivity contribution in [1.29, 1.82) is 0 Å². The van der Waals surface area contributed by atoms with E-state index in [4.69, 9.17) is 4.43 Å². The molecule has 3 saturated carbocycles. The van der Waals surface area contributed by atoms with E-state index in [0.29, 0.717) is 23.5 Å². The summed E-state index contributed by atoms with van der Waals surface area (Å²) in [6.07, 6.45) is 12.3. The molecule has 0 radical (unpaired) electrons. The summed E-state index contributed by atoms with van der Waals surface area (Å²) in [5, 5.41) is 0.124. The minimum Gasteiger partial charge on any atom is -0.416 e. The van der Waals surface area contributed by atoms with Gasteiger partial charge in [0.05, 0.1) is 1.37 Å². The second-order valence-electron chi connectivity index (χ2n) is 12.0. The molecule has 0 aromatic heterocycles. The number of hydrogen-bond donors (Lipinski definition) is 0. The van der Waals surface area contributed by atoms with Crippen molar-refractivity contribution in [3.8, 4) is 0 Å². The van der Waals surface area contributed by atoms with Crippen LogP contribution in [0, 0.1) is 28.6 Å². The van der Waals surface area contributed by atoms with Gasteiger partial charge in [0.2, 0.25) is 0 Å². The summed E-state index contributed by atoms with van der Waals surface area (Å²) in [7, 11) is -2.01. The van der Waals surface area contributed by atoms with Gasteiger partial charge in [0.1, 0.15) is 5.78 Å². The Balaban J connectivity index is 1.70. The van der Waals surface area contributed by atoms with Gasteiger partial charge in [0.25, 0.3) is 0 Å². The van der Waals surface area contributed by atoms with Crippen LogP contribution in [0.25, 0.3) is 0 Å². The zero-order chi connectivity index (χ0) is 21.2. The summed E-state index contributed by atoms with van der Waals surface area (Å²) in [6, 6.07) is 0. The molecule has 6 atom stereocenters. The maximum atomic E-state index is 12.7. The SMILES string of the molecule is [2H]C(O[Si](C)(C)C(C)(C)C)[C@]12CCCC=C1CC[C@@H]1[C@@H]2CC[C@]2(C)C(=O)CC[C@@H]12. The molecule has 2 nitrogen and oxygen atoms in total. The average molecular weight is 404 g/mol. The molecule has 4 rings (SSSR count). The lowest BCUT2D eigenvalue weighted by atomic mass is 9.47. The first kappa shape index (κ1) is 19.5. The third kappa shape index (κ3) is 3.02. The number of allylic oxidation sites excluding steroid dienone is 1. The van der Waals surface area contributed by atoms with Crippen LogP contribution < -0.4 is 0 Å². The van der Waals surface area contributed by atoms with Gasteiger partial charge in [0, 0.05) is 23.8 Å². The first-order valence-corrected chi connectivity index (χ1v) is 14.7. The number of hydrogen-bond acceptors (Lipinski definition) is 2. The van der Waals surface area contributed by atoms with Crippen molar-refractivity contribution in [2.45, 2.75) is 104 Å². The van der Waals surface area contributed by atoms with E-state index in [-0.39, 0.29) is 15.9 Å². The predicted octanol–water partition coefficient (Wildman–Crippen LogP) is 6.91. The van der Waals surface area contributed by atoms with Crippen LogP contribution in [0.2, 0.25) is 18.1 Å². The maximum Gasteiger partial charge on any atom is 0.192 e. The third-order valence-electron chi connectivity index (χ3n) is 9.71. The zero-order valence-corrected chi connectivity index (χ0v) is 20.1. The van der Waals surface area contributed by atoms with Crippen LogP contribution in [0.1, 0.15) is 86.9 Å². The second-order valence-corrected chi connectivity index (χ2v) is 16.7. The molecule has 0 bridgehead atoms. The van der Waals surface area contributed by atoms with Crippen molar-refractivity contribution in [2.75, 3.05) is 6.58 Å². The Morgan fingerprint density at radius 1 is 1.18 bits per heavy atom. The second kappa shape index (κ2) is 6.80. The molecule has 3 fully saturated rings. The van der Waals surface area contributed by atoms with Gasteiger partial charge in [-0.15, -0.1) is 0 Å². The molecular weight excluding hydrogens is 360 g/mol. The number of carbonyl (C=O) groups excluding carboxylic acids is 1. The molecule has 0 aromatic carbocycles. The van der Waals surface area contributed by atoms with E-state index in [2.05, 4.69) is 46.9 Å². The molecule has 0 heterocycles. The van der Waals surface area contributed by atoms with E-state index < -0.39 is 14.9 Å². The summed E-state index contributed by atoms with van der Waals surface area (Å²) in [5.74, 6) is 2.18. The molecule has 0 aromatic rings. The van der Waals surface area contributed by atoms with Gasteiger partial charge in [-0.3, -0.25) is 4.79 Å². The van der Waals surface area contributed by atoms with Crippen LogP contribution in [-0.2, 0) is 9.22 Å². The molecule has 158 valence electrons. The number of Topliss-reactive ketones (excluding diaryl/α,β-unsaturated/α-hetero) is 1. The first-order valence-electron chi connectivity index (χ1n) is 12.3. The Labute approximate surface area is 175 Å². The van der Waals surface area contributed by atoms with Crippen LogP contribution in [0.3, 0.4) is 0 Å². The number of carbonyl (C=O) groups is 1. The standard InChI is InChI=1S/C25H42O2Si/c1-23(2,3)28(5,6)27-17-25-15-8-7-9-18(25)10-11-19-20-12-13-22(26)24(20,4)16-14-21(19)25/h9,19-21H,7-8,10-17H2,1-6H3/t19-,20-,21-,24-,25+/m0/s1/i17D/t17?,19-,20-,21-,24-,25+. The van der Waals surface area contributed by atoms with Crippen molar-refractivity contribution in [2.24, 2.45) is 28.6 Å². The quantitative estimate of drug-likeness (QED) is 0.378. The normalized spacial score (nSPS) is 42.8. The van der Waals surface area contributed by atoms with E-state index in [9.17, 15) is 6.17 Å². The van der Waals surface area contributed by atoms with Crippen LogP contribution in [0.15, 0.2) is 11.6 Å². The topological polar surface area (TPSA) is 26.3 Å². The molecule has 0 aliphatic heterocycles. The molecule has 4 aliphatic carbocycles. The molecule has 0 spiro atoms. The molecule has 3 heteroatoms. The van der Waals surface area contributed by atoms with Crippen LogP contribution >= 0.6 is 0 Å². The van der Waals surface area contributed by atoms with Crippen LogP contribution in [0.5, 0.6) is 0 Å². The smallest absolute Gasteiger partial charge is 0.192 e. The Hall–Kier alpha value is -0.413. The molecule has 0 amide bonds. The summed E-state index contributed by atoms with van der Waals surface area (Å²) in [4.78, 5) is 12.7. The fraction of sp³-hybridized carbons (Fsp3) is 0.880. The molecule has 1 unspecified atom stereocenters. The molecule has 0 N–H and O–H groups in total. The Morgan fingerprint density at radius 3 is 2.64 bits per heavy atom. The molecule has 4 aliphatic rings. The highest BCUT2D eigenvalue weighted by Gasteiger charge is 2.60. The third-order valence-corrected chi connectivity index (χ3v) is 14.0. The summed E-state index contributed by atoms with van der Waals surface area (Å²) in [6.45, 7) is 13.2. The van der Waals surface area contributed by atoms with Gasteiger partial charge in [-0.1, -0.05) is 39.3 Å². The zero-order valence-electron chi connectivity index (χ0n) is 20.1. The number of ketones is 1. The van der Waals surface area contributed by atoms with Crippen molar-refractivity contribution >= 4 is 14.1 Å². The highest BCUT2D eigenvalue weighted by atomic mass is 28.4. The minimum atomic E-state index is -2.01. The van der Waals surface area contributed by atoms with Gasteiger partial charge in [-0.25, -0.2) is 0 Å². The van der Waals surface area contributed by atoms with Crippen molar-refractivity contribution in [3.63, 3.8) is 0 Å². The maximum absolute atomic E-state index is 12.7. The van der Waals surface area contributed by atoms with Crippen LogP contribution in [-0.4, -0.2) is 20.7 Å². The van der Waals surface area contributed by atoms with Gasteiger partial charge in [-0.05, 0) is 87.3 Å². The van der Waals surface area contributed by atoms with Gasteiger partial charge < -0.3 is 4.43 Å². The Kier molecular flexibility index (Phi) is 4.75. The van der Waals surface area contributed by atoms with E-state index in [1.54, 1.807) is 0 Å². The van der Waals surface area contributed by atoms with Crippen molar-refractivity contribution < 1.29 is 10.6 Å². The minimum absolute atomic E-state index is 0.0872. The van der Waals surface area contributed by atoms with Gasteiger partial charge in [0.15, 0.2) is 8.32 Å².